The highest BCUT2D eigenvalue weighted by molar-refractivity contribution is 6.42. The van der Waals surface area contributed by atoms with Crippen molar-refractivity contribution < 1.29 is 5.11 Å². The van der Waals surface area contributed by atoms with E-state index in [1.165, 1.54) is 0 Å². The Hall–Kier alpha value is -0.890. The molecule has 16 heavy (non-hydrogen) atoms. The first-order valence-electron chi connectivity index (χ1n) is 4.52. The first-order valence-corrected chi connectivity index (χ1v) is 5.65. The largest absolute Gasteiger partial charge is 0.506 e. The van der Waals surface area contributed by atoms with Gasteiger partial charge in [0.15, 0.2) is 0 Å². The van der Waals surface area contributed by atoms with Crippen molar-refractivity contribution in [2.45, 2.75) is 0 Å². The number of halogens is 3. The summed E-state index contributed by atoms with van der Waals surface area (Å²) < 4.78 is 0. The Morgan fingerprint density at radius 1 is 0.688 bits per heavy atom. The van der Waals surface area contributed by atoms with Crippen molar-refractivity contribution in [3.63, 3.8) is 0 Å². The Morgan fingerprint density at radius 2 is 1.25 bits per heavy atom. The van der Waals surface area contributed by atoms with Crippen LogP contribution in [0.15, 0.2) is 36.4 Å². The van der Waals surface area contributed by atoms with Crippen LogP contribution < -0.4 is 0 Å². The summed E-state index contributed by atoms with van der Waals surface area (Å²) in [5, 5.41) is 10.8. The summed E-state index contributed by atoms with van der Waals surface area (Å²) in [5.41, 5.74) is 1.71. The Bertz CT molecular complexity index is 488. The van der Waals surface area contributed by atoms with E-state index in [0.29, 0.717) is 15.1 Å². The molecule has 0 atom stereocenters. The van der Waals surface area contributed by atoms with Crippen LogP contribution in [0.4, 0.5) is 0 Å². The van der Waals surface area contributed by atoms with Crippen molar-refractivity contribution in [2.24, 2.45) is 0 Å². The smallest absolute Gasteiger partial charge is 0.134 e. The summed E-state index contributed by atoms with van der Waals surface area (Å²) >= 11 is 17.5. The topological polar surface area (TPSA) is 20.2 Å². The fourth-order valence-electron chi connectivity index (χ4n) is 1.37. The predicted octanol–water partition coefficient (Wildman–Crippen LogP) is 5.02. The van der Waals surface area contributed by atoms with E-state index in [2.05, 4.69) is 0 Å². The molecular weight excluding hydrogens is 266 g/mol. The normalized spacial score (nSPS) is 10.4. The molecule has 0 aliphatic heterocycles. The van der Waals surface area contributed by atoms with E-state index in [1.54, 1.807) is 24.3 Å². The Morgan fingerprint density at radius 3 is 1.81 bits per heavy atom. The van der Waals surface area contributed by atoms with Gasteiger partial charge in [0.2, 0.25) is 0 Å². The molecule has 2 aromatic rings. The number of hydrogen-bond acceptors (Lipinski definition) is 1. The third kappa shape index (κ3) is 2.27. The van der Waals surface area contributed by atoms with Crippen molar-refractivity contribution in [1.29, 1.82) is 0 Å². The second-order valence-corrected chi connectivity index (χ2v) is 4.52. The molecule has 0 saturated heterocycles. The van der Waals surface area contributed by atoms with Gasteiger partial charge in [0.1, 0.15) is 5.75 Å². The van der Waals surface area contributed by atoms with E-state index in [9.17, 15) is 5.11 Å². The van der Waals surface area contributed by atoms with Crippen LogP contribution in [0.25, 0.3) is 11.1 Å². The zero-order valence-corrected chi connectivity index (χ0v) is 10.3. The van der Waals surface area contributed by atoms with E-state index in [1.807, 2.05) is 12.1 Å². The van der Waals surface area contributed by atoms with Gasteiger partial charge in [-0.2, -0.15) is 0 Å². The van der Waals surface area contributed by atoms with Crippen molar-refractivity contribution in [2.75, 3.05) is 0 Å². The van der Waals surface area contributed by atoms with Crippen LogP contribution in [0, 0.1) is 0 Å². The Labute approximate surface area is 108 Å². The molecule has 0 bridgehead atoms. The summed E-state index contributed by atoms with van der Waals surface area (Å²) in [5.74, 6) is 0.0465. The fourth-order valence-corrected chi connectivity index (χ4v) is 1.78. The number of phenolic OH excluding ortho intramolecular Hbond substituents is 1. The van der Waals surface area contributed by atoms with E-state index < -0.39 is 0 Å². The summed E-state index contributed by atoms with van der Waals surface area (Å²) in [6.07, 6.45) is 0. The van der Waals surface area contributed by atoms with Gasteiger partial charge in [0.05, 0.1) is 15.1 Å². The molecular formula is C12H7Cl3O. The third-order valence-electron chi connectivity index (χ3n) is 2.20. The van der Waals surface area contributed by atoms with Crippen LogP contribution in [-0.2, 0) is 0 Å². The van der Waals surface area contributed by atoms with Gasteiger partial charge in [0.25, 0.3) is 0 Å². The first-order chi connectivity index (χ1) is 7.58. The lowest BCUT2D eigenvalue weighted by molar-refractivity contribution is 0.476. The number of benzene rings is 2. The first kappa shape index (κ1) is 11.6. The average molecular weight is 274 g/mol. The van der Waals surface area contributed by atoms with Gasteiger partial charge in [-0.25, -0.2) is 0 Å². The molecule has 82 valence electrons. The molecule has 1 nitrogen and oxygen atoms in total. The van der Waals surface area contributed by atoms with Crippen molar-refractivity contribution in [3.05, 3.63) is 51.5 Å². The van der Waals surface area contributed by atoms with Crippen molar-refractivity contribution in [1.82, 2.24) is 0 Å². The Balaban J connectivity index is 2.50. The lowest BCUT2D eigenvalue weighted by Gasteiger charge is -2.05. The monoisotopic (exact) mass is 272 g/mol. The van der Waals surface area contributed by atoms with Gasteiger partial charge in [-0.1, -0.05) is 46.9 Å². The highest BCUT2D eigenvalue weighted by Gasteiger charge is 2.04. The number of aromatic hydroxyl groups is 1. The predicted molar refractivity (Wildman–Crippen MR) is 68.6 cm³/mol. The molecule has 4 heteroatoms. The van der Waals surface area contributed by atoms with Crippen LogP contribution in [0.1, 0.15) is 0 Å². The van der Waals surface area contributed by atoms with Crippen molar-refractivity contribution in [3.8, 4) is 16.9 Å². The summed E-state index contributed by atoms with van der Waals surface area (Å²) in [7, 11) is 0. The molecule has 0 aromatic heterocycles. The van der Waals surface area contributed by atoms with Gasteiger partial charge >= 0.3 is 0 Å². The van der Waals surface area contributed by atoms with Crippen LogP contribution in [0.2, 0.25) is 15.1 Å². The molecule has 0 aliphatic carbocycles. The Kier molecular flexibility index (Phi) is 3.29. The SMILES string of the molecule is Oc1cc(-c2ccc(Cl)c(Cl)c2)ccc1Cl. The molecule has 0 heterocycles. The zero-order valence-electron chi connectivity index (χ0n) is 8.05. The van der Waals surface area contributed by atoms with Crippen molar-refractivity contribution >= 4 is 34.8 Å². The van der Waals surface area contributed by atoms with Crippen LogP contribution in [0.5, 0.6) is 5.75 Å². The fraction of sp³-hybridized carbons (Fsp3) is 0. The summed E-state index contributed by atoms with van der Waals surface area (Å²) in [4.78, 5) is 0. The maximum Gasteiger partial charge on any atom is 0.134 e. The number of hydrogen-bond donors (Lipinski definition) is 1. The van der Waals surface area contributed by atoms with Gasteiger partial charge in [-0.3, -0.25) is 0 Å². The number of phenols is 1. The lowest BCUT2D eigenvalue weighted by Crippen LogP contribution is -1.79. The number of rotatable bonds is 1. The minimum absolute atomic E-state index is 0.0465. The van der Waals surface area contributed by atoms with Crippen LogP contribution in [0.3, 0.4) is 0 Å². The lowest BCUT2D eigenvalue weighted by atomic mass is 10.1. The minimum Gasteiger partial charge on any atom is -0.506 e. The van der Waals surface area contributed by atoms with E-state index in [0.717, 1.165) is 11.1 Å². The second-order valence-electron chi connectivity index (χ2n) is 3.30. The van der Waals surface area contributed by atoms with Gasteiger partial charge < -0.3 is 5.11 Å². The standard InChI is InChI=1S/C12H7Cl3O/c13-9-3-1-7(5-11(9)15)8-2-4-10(14)12(16)6-8/h1-6,16H. The molecule has 0 amide bonds. The molecule has 0 unspecified atom stereocenters. The van der Waals surface area contributed by atoms with Crippen LogP contribution >= 0.6 is 34.8 Å². The van der Waals surface area contributed by atoms with E-state index in [-0.39, 0.29) is 5.75 Å². The van der Waals surface area contributed by atoms with Gasteiger partial charge in [-0.15, -0.1) is 0 Å². The highest BCUT2D eigenvalue weighted by Crippen LogP contribution is 2.32. The molecule has 2 rings (SSSR count). The third-order valence-corrected chi connectivity index (χ3v) is 3.26. The van der Waals surface area contributed by atoms with Gasteiger partial charge in [-0.05, 0) is 35.4 Å². The quantitative estimate of drug-likeness (QED) is 0.773. The molecule has 0 saturated carbocycles. The zero-order chi connectivity index (χ0) is 11.7. The average Bonchev–Trinajstić information content (AvgIpc) is 2.26. The summed E-state index contributed by atoms with van der Waals surface area (Å²) in [6, 6.07) is 10.3. The van der Waals surface area contributed by atoms with Crippen LogP contribution in [-0.4, -0.2) is 5.11 Å². The summed E-state index contributed by atoms with van der Waals surface area (Å²) in [6.45, 7) is 0. The van der Waals surface area contributed by atoms with E-state index >= 15 is 0 Å². The molecule has 0 radical (unpaired) electrons. The highest BCUT2D eigenvalue weighted by atomic mass is 35.5. The maximum atomic E-state index is 9.49. The molecule has 1 N–H and O–H groups in total. The molecule has 0 fully saturated rings. The van der Waals surface area contributed by atoms with Gasteiger partial charge in [0, 0.05) is 0 Å². The second kappa shape index (κ2) is 4.54. The molecule has 0 aliphatic rings. The molecule has 2 aromatic carbocycles. The van der Waals surface area contributed by atoms with E-state index in [4.69, 9.17) is 34.8 Å². The maximum absolute atomic E-state index is 9.49. The minimum atomic E-state index is 0.0465. The molecule has 0 spiro atoms.